The fourth-order valence-corrected chi connectivity index (χ4v) is 3.04. The van der Waals surface area contributed by atoms with Gasteiger partial charge in [0.1, 0.15) is 11.5 Å². The lowest BCUT2D eigenvalue weighted by molar-refractivity contribution is 0.161. The van der Waals surface area contributed by atoms with E-state index >= 15 is 0 Å². The molecule has 1 heterocycles. The van der Waals surface area contributed by atoms with E-state index in [1.807, 2.05) is 39.0 Å². The van der Waals surface area contributed by atoms with Gasteiger partial charge in [0.2, 0.25) is 0 Å². The van der Waals surface area contributed by atoms with Crippen molar-refractivity contribution in [2.24, 2.45) is 0 Å². The molecule has 0 atom stereocenters. The lowest BCUT2D eigenvalue weighted by atomic mass is 10.1. The predicted molar refractivity (Wildman–Crippen MR) is 116 cm³/mol. The third-order valence-electron chi connectivity index (χ3n) is 4.84. The van der Waals surface area contributed by atoms with E-state index in [0.717, 1.165) is 28.5 Å². The monoisotopic (exact) mass is 410 g/mol. The summed E-state index contributed by atoms with van der Waals surface area (Å²) in [4.78, 5) is 16.3. The third kappa shape index (κ3) is 4.40. The van der Waals surface area contributed by atoms with Crippen molar-refractivity contribution < 1.29 is 23.7 Å². The first-order valence-electron chi connectivity index (χ1n) is 9.71. The second-order valence-electron chi connectivity index (χ2n) is 6.76. The number of fused-ring (bicyclic) bond motifs is 1. The summed E-state index contributed by atoms with van der Waals surface area (Å²) in [5.41, 5.74) is 3.23. The van der Waals surface area contributed by atoms with Crippen LogP contribution < -0.4 is 19.5 Å². The van der Waals surface area contributed by atoms with Gasteiger partial charge in [-0.25, -0.2) is 4.79 Å². The number of nitrogens with one attached hydrogen (secondary N) is 1. The van der Waals surface area contributed by atoms with Gasteiger partial charge in [-0.3, -0.25) is 10.3 Å². The average Bonchev–Trinajstić information content (AvgIpc) is 2.76. The minimum Gasteiger partial charge on any atom is -0.493 e. The standard InChI is InChI=1S/C23H26N2O5/c1-6-11-29-23(26)25-17-7-8-19(15(3)14(17)2)30-20-9-10-24-18-13-22(28-5)21(27-4)12-16(18)20/h7-10,12-13H,6,11H2,1-5H3,(H,25,26). The average molecular weight is 410 g/mol. The number of hydrogen-bond acceptors (Lipinski definition) is 6. The largest absolute Gasteiger partial charge is 0.493 e. The van der Waals surface area contributed by atoms with Crippen LogP contribution in [0.25, 0.3) is 10.9 Å². The van der Waals surface area contributed by atoms with Crippen LogP contribution in [0.15, 0.2) is 36.5 Å². The lowest BCUT2D eigenvalue weighted by Gasteiger charge is -2.16. The van der Waals surface area contributed by atoms with Crippen molar-refractivity contribution in [3.05, 3.63) is 47.7 Å². The third-order valence-corrected chi connectivity index (χ3v) is 4.84. The summed E-state index contributed by atoms with van der Waals surface area (Å²) < 4.78 is 22.1. The molecule has 158 valence electrons. The van der Waals surface area contributed by atoms with Crippen LogP contribution in [-0.4, -0.2) is 31.9 Å². The summed E-state index contributed by atoms with van der Waals surface area (Å²) in [6.45, 7) is 6.20. The van der Waals surface area contributed by atoms with Gasteiger partial charge in [0.05, 0.1) is 26.3 Å². The van der Waals surface area contributed by atoms with Gasteiger partial charge in [0.25, 0.3) is 0 Å². The van der Waals surface area contributed by atoms with E-state index in [1.165, 1.54) is 0 Å². The maximum atomic E-state index is 11.9. The van der Waals surface area contributed by atoms with Crippen LogP contribution >= 0.6 is 0 Å². The molecule has 0 aliphatic heterocycles. The molecule has 0 bridgehead atoms. The van der Waals surface area contributed by atoms with Crippen molar-refractivity contribution in [2.75, 3.05) is 26.1 Å². The topological polar surface area (TPSA) is 78.9 Å². The Balaban J connectivity index is 1.92. The minimum absolute atomic E-state index is 0.383. The van der Waals surface area contributed by atoms with Gasteiger partial charge < -0.3 is 18.9 Å². The number of nitrogens with zero attached hydrogens (tertiary/aromatic N) is 1. The highest BCUT2D eigenvalue weighted by Gasteiger charge is 2.14. The summed E-state index contributed by atoms with van der Waals surface area (Å²) >= 11 is 0. The minimum atomic E-state index is -0.464. The number of anilines is 1. The fourth-order valence-electron chi connectivity index (χ4n) is 3.04. The number of rotatable bonds is 7. The lowest BCUT2D eigenvalue weighted by Crippen LogP contribution is -2.15. The first-order chi connectivity index (χ1) is 14.5. The Labute approximate surface area is 175 Å². The zero-order valence-corrected chi connectivity index (χ0v) is 17.9. The second-order valence-corrected chi connectivity index (χ2v) is 6.76. The molecule has 0 fully saturated rings. The summed E-state index contributed by atoms with van der Waals surface area (Å²) in [6, 6.07) is 9.09. The Morgan fingerprint density at radius 3 is 2.40 bits per heavy atom. The highest BCUT2D eigenvalue weighted by atomic mass is 16.5. The van der Waals surface area contributed by atoms with Crippen molar-refractivity contribution in [2.45, 2.75) is 27.2 Å². The number of aromatic nitrogens is 1. The van der Waals surface area contributed by atoms with Crippen molar-refractivity contribution in [3.8, 4) is 23.0 Å². The first kappa shape index (κ1) is 21.2. The van der Waals surface area contributed by atoms with Crippen LogP contribution in [0.2, 0.25) is 0 Å². The predicted octanol–water partition coefficient (Wildman–Crippen LogP) is 5.62. The Morgan fingerprint density at radius 2 is 1.70 bits per heavy atom. The fraction of sp³-hybridized carbons (Fsp3) is 0.304. The van der Waals surface area contributed by atoms with Crippen molar-refractivity contribution in [1.29, 1.82) is 0 Å². The molecule has 30 heavy (non-hydrogen) atoms. The smallest absolute Gasteiger partial charge is 0.411 e. The summed E-state index contributed by atoms with van der Waals surface area (Å²) in [6.07, 6.45) is 1.99. The molecule has 3 rings (SSSR count). The molecule has 7 nitrogen and oxygen atoms in total. The van der Waals surface area contributed by atoms with Crippen molar-refractivity contribution in [3.63, 3.8) is 0 Å². The van der Waals surface area contributed by atoms with Crippen LogP contribution in [0.1, 0.15) is 24.5 Å². The highest BCUT2D eigenvalue weighted by molar-refractivity contribution is 5.89. The summed E-state index contributed by atoms with van der Waals surface area (Å²) in [5, 5.41) is 3.58. The molecule has 2 aromatic carbocycles. The maximum Gasteiger partial charge on any atom is 0.411 e. The zero-order chi connectivity index (χ0) is 21.7. The normalized spacial score (nSPS) is 10.6. The van der Waals surface area contributed by atoms with Gasteiger partial charge in [0, 0.05) is 23.3 Å². The maximum absolute atomic E-state index is 11.9. The Bertz CT molecular complexity index is 1070. The van der Waals surface area contributed by atoms with Crippen LogP contribution in [0, 0.1) is 13.8 Å². The molecular formula is C23H26N2O5. The quantitative estimate of drug-likeness (QED) is 0.545. The zero-order valence-electron chi connectivity index (χ0n) is 17.9. The van der Waals surface area contributed by atoms with Gasteiger partial charge in [-0.2, -0.15) is 0 Å². The van der Waals surface area contributed by atoms with E-state index in [-0.39, 0.29) is 0 Å². The molecule has 7 heteroatoms. The molecule has 0 saturated carbocycles. The molecule has 0 saturated heterocycles. The van der Waals surface area contributed by atoms with Gasteiger partial charge >= 0.3 is 6.09 Å². The number of carbonyl (C=O) groups is 1. The molecule has 0 spiro atoms. The number of methoxy groups -OCH3 is 2. The molecule has 1 amide bonds. The number of hydrogen-bond donors (Lipinski definition) is 1. The number of pyridine rings is 1. The molecule has 0 aliphatic rings. The number of ether oxygens (including phenoxy) is 4. The Kier molecular flexibility index (Phi) is 6.61. The summed E-state index contributed by atoms with van der Waals surface area (Å²) in [5.74, 6) is 2.53. The number of benzene rings is 2. The Morgan fingerprint density at radius 1 is 0.967 bits per heavy atom. The SMILES string of the molecule is CCCOC(=O)Nc1ccc(Oc2ccnc3cc(OC)c(OC)cc23)c(C)c1C. The van der Waals surface area contributed by atoms with E-state index in [0.29, 0.717) is 35.3 Å². The van der Waals surface area contributed by atoms with Gasteiger partial charge in [-0.15, -0.1) is 0 Å². The van der Waals surface area contributed by atoms with Gasteiger partial charge in [0.15, 0.2) is 11.5 Å². The Hall–Kier alpha value is -3.48. The highest BCUT2D eigenvalue weighted by Crippen LogP contribution is 2.38. The molecule has 3 aromatic rings. The van der Waals surface area contributed by atoms with Crippen LogP contribution in [0.5, 0.6) is 23.0 Å². The number of carbonyl (C=O) groups excluding carboxylic acids is 1. The van der Waals surface area contributed by atoms with Crippen LogP contribution in [-0.2, 0) is 4.74 Å². The van der Waals surface area contributed by atoms with E-state index in [4.69, 9.17) is 18.9 Å². The van der Waals surface area contributed by atoms with Crippen molar-refractivity contribution >= 4 is 22.7 Å². The van der Waals surface area contributed by atoms with Crippen LogP contribution in [0.3, 0.4) is 0 Å². The molecule has 0 radical (unpaired) electrons. The summed E-state index contributed by atoms with van der Waals surface area (Å²) in [7, 11) is 3.18. The molecule has 0 aliphatic carbocycles. The van der Waals surface area contributed by atoms with E-state index in [2.05, 4.69) is 10.3 Å². The van der Waals surface area contributed by atoms with Gasteiger partial charge in [-0.1, -0.05) is 6.92 Å². The second kappa shape index (κ2) is 9.35. The molecule has 1 aromatic heterocycles. The van der Waals surface area contributed by atoms with E-state index in [9.17, 15) is 4.79 Å². The first-order valence-corrected chi connectivity index (χ1v) is 9.71. The van der Waals surface area contributed by atoms with E-state index < -0.39 is 6.09 Å². The van der Waals surface area contributed by atoms with Gasteiger partial charge in [-0.05, 0) is 55.7 Å². The molecular weight excluding hydrogens is 384 g/mol. The number of amides is 1. The van der Waals surface area contributed by atoms with Crippen LogP contribution in [0.4, 0.5) is 10.5 Å². The van der Waals surface area contributed by atoms with E-state index in [1.54, 1.807) is 32.5 Å². The molecule has 1 N–H and O–H groups in total. The van der Waals surface area contributed by atoms with Crippen molar-refractivity contribution in [1.82, 2.24) is 4.98 Å². The molecule has 0 unspecified atom stereocenters.